The number of fused-ring (bicyclic) bond motifs is 3. The maximum absolute atomic E-state index is 14.6. The molecule has 5 aliphatic rings. The number of amides is 6. The van der Waals surface area contributed by atoms with Crippen molar-refractivity contribution in [1.82, 2.24) is 30.1 Å². The Hall–Kier alpha value is -4.14. The van der Waals surface area contributed by atoms with E-state index in [1.54, 1.807) is 9.80 Å². The van der Waals surface area contributed by atoms with E-state index < -0.39 is 74.1 Å². The first-order valence-electron chi connectivity index (χ1n) is 19.0. The van der Waals surface area contributed by atoms with Gasteiger partial charge < -0.3 is 25.2 Å². The van der Waals surface area contributed by atoms with Crippen LogP contribution in [-0.2, 0) is 48.7 Å². The molecule has 3 aliphatic heterocycles. The van der Waals surface area contributed by atoms with Crippen LogP contribution in [0.3, 0.4) is 0 Å². The summed E-state index contributed by atoms with van der Waals surface area (Å²) in [6, 6.07) is 3.50. The van der Waals surface area contributed by atoms with Crippen LogP contribution in [0.4, 0.5) is 9.59 Å². The monoisotopic (exact) mass is 754 g/mol. The quantitative estimate of drug-likeness (QED) is 0.339. The molecule has 3 fully saturated rings. The lowest BCUT2D eigenvalue weighted by Gasteiger charge is -2.37. The van der Waals surface area contributed by atoms with Gasteiger partial charge in [0.25, 0.3) is 5.91 Å². The molecule has 15 heteroatoms. The van der Waals surface area contributed by atoms with Gasteiger partial charge in [-0.05, 0) is 67.1 Å². The van der Waals surface area contributed by atoms with Gasteiger partial charge in [-0.15, -0.1) is 6.58 Å². The first kappa shape index (κ1) is 38.6. The topological polar surface area (TPSA) is 175 Å². The molecular formula is C38H54N6O8S. The molecule has 0 unspecified atom stereocenters. The molecule has 290 valence electrons. The maximum atomic E-state index is 14.6. The molecule has 53 heavy (non-hydrogen) atoms. The van der Waals surface area contributed by atoms with E-state index in [-0.39, 0.29) is 25.4 Å². The Kier molecular flexibility index (Phi) is 10.9. The lowest BCUT2D eigenvalue weighted by molar-refractivity contribution is -0.142. The molecule has 6 rings (SSSR count). The fourth-order valence-corrected chi connectivity index (χ4v) is 9.24. The number of aryl methyl sites for hydroxylation is 1. The number of hydrogen-bond acceptors (Lipinski definition) is 8. The van der Waals surface area contributed by atoms with Gasteiger partial charge in [0.05, 0.1) is 11.8 Å². The number of rotatable bonds is 8. The summed E-state index contributed by atoms with van der Waals surface area (Å²) in [7, 11) is -3.90. The van der Waals surface area contributed by atoms with Crippen molar-refractivity contribution in [1.29, 1.82) is 0 Å². The van der Waals surface area contributed by atoms with Crippen molar-refractivity contribution in [3.8, 4) is 0 Å². The number of benzene rings is 1. The van der Waals surface area contributed by atoms with Crippen LogP contribution >= 0.6 is 0 Å². The Labute approximate surface area is 312 Å². The van der Waals surface area contributed by atoms with Gasteiger partial charge in [0.2, 0.25) is 21.8 Å². The molecular weight excluding hydrogens is 701 g/mol. The predicted molar refractivity (Wildman–Crippen MR) is 197 cm³/mol. The molecule has 3 N–H and O–H groups in total. The second-order valence-electron chi connectivity index (χ2n) is 16.4. The van der Waals surface area contributed by atoms with Gasteiger partial charge in [0.15, 0.2) is 0 Å². The fourth-order valence-electron chi connectivity index (χ4n) is 7.87. The number of carbonyl (C=O) groups excluding carboxylic acids is 5. The summed E-state index contributed by atoms with van der Waals surface area (Å²) in [4.78, 5) is 74.5. The SMILES string of the molecule is C=C[C@H]1C[C@]1(NC(=O)[C@@H]1C[C@@H]2CN1C(=O)[C@H](C(C)(C)C)NC(=O)N(CCC)CCCCCc1cccc3c1CN(C3)C(=O)O2)C(=O)NS(=O)(=O)C1CC1. The number of carbonyl (C=O) groups is 5. The highest BCUT2D eigenvalue weighted by atomic mass is 32.2. The van der Waals surface area contributed by atoms with Crippen molar-refractivity contribution in [3.63, 3.8) is 0 Å². The average Bonchev–Trinajstić information content (AvgIpc) is 3.99. The van der Waals surface area contributed by atoms with Crippen LogP contribution in [0.2, 0.25) is 0 Å². The zero-order valence-electron chi connectivity index (χ0n) is 31.3. The molecule has 5 atom stereocenters. The number of nitrogens with one attached hydrogen (secondary N) is 3. The molecule has 1 aromatic carbocycles. The van der Waals surface area contributed by atoms with Gasteiger partial charge in [-0.2, -0.15) is 0 Å². The summed E-state index contributed by atoms with van der Waals surface area (Å²) in [6.45, 7) is 12.9. The maximum Gasteiger partial charge on any atom is 0.410 e. The summed E-state index contributed by atoms with van der Waals surface area (Å²) in [5.74, 6) is -2.59. The summed E-state index contributed by atoms with van der Waals surface area (Å²) in [5, 5.41) is 5.11. The van der Waals surface area contributed by atoms with E-state index in [2.05, 4.69) is 28.0 Å². The molecule has 0 spiro atoms. The van der Waals surface area contributed by atoms with Crippen LogP contribution in [-0.4, -0.2) is 102 Å². The Bertz CT molecular complexity index is 1760. The normalized spacial score (nSPS) is 28.3. The summed E-state index contributed by atoms with van der Waals surface area (Å²) < 4.78 is 33.6. The number of urea groups is 1. The van der Waals surface area contributed by atoms with Crippen LogP contribution in [0.5, 0.6) is 0 Å². The van der Waals surface area contributed by atoms with Crippen LogP contribution in [0, 0.1) is 11.3 Å². The first-order valence-corrected chi connectivity index (χ1v) is 20.5. The van der Waals surface area contributed by atoms with Gasteiger partial charge in [0, 0.05) is 38.5 Å². The standard InChI is InChI=1S/C38H54N6O8S/c1-6-17-42-18-10-8-9-12-24-13-11-14-25-21-43(23-29(24)25)36(49)52-27-19-30(44(22-27)33(46)31(37(3,4)5)39-35(42)48)32(45)40-38(20-26(38)7-2)34(47)41-53(50,51)28-15-16-28/h7,11,13-14,26-28,30-31H,2,6,8-10,12,15-23H2,1,3-5H3,(H,39,48)(H,40,45)(H,41,47)/t26-,27+,30-,31+,38+/m0/s1. The van der Waals surface area contributed by atoms with E-state index in [0.717, 1.165) is 43.2 Å². The summed E-state index contributed by atoms with van der Waals surface area (Å²) in [5.41, 5.74) is 1.01. The van der Waals surface area contributed by atoms with E-state index in [4.69, 9.17) is 4.74 Å². The Balaban J connectivity index is 1.30. The third-order valence-corrected chi connectivity index (χ3v) is 13.1. The van der Waals surface area contributed by atoms with E-state index in [1.807, 2.05) is 39.8 Å². The van der Waals surface area contributed by atoms with Gasteiger partial charge in [0.1, 0.15) is 23.7 Å². The van der Waals surface area contributed by atoms with Gasteiger partial charge >= 0.3 is 12.1 Å². The van der Waals surface area contributed by atoms with Crippen LogP contribution in [0.15, 0.2) is 30.9 Å². The van der Waals surface area contributed by atoms with Crippen molar-refractivity contribution in [3.05, 3.63) is 47.5 Å². The molecule has 1 saturated heterocycles. The van der Waals surface area contributed by atoms with Crippen molar-refractivity contribution >= 4 is 39.9 Å². The number of nitrogens with zero attached hydrogens (tertiary/aromatic N) is 3. The average molecular weight is 755 g/mol. The molecule has 0 radical (unpaired) electrons. The second-order valence-corrected chi connectivity index (χ2v) is 18.3. The Morgan fingerprint density at radius 2 is 1.83 bits per heavy atom. The number of sulfonamides is 1. The van der Waals surface area contributed by atoms with Gasteiger partial charge in [-0.3, -0.25) is 24.0 Å². The Morgan fingerprint density at radius 1 is 1.09 bits per heavy atom. The summed E-state index contributed by atoms with van der Waals surface area (Å²) >= 11 is 0. The lowest BCUT2D eigenvalue weighted by atomic mass is 9.85. The minimum absolute atomic E-state index is 0.0566. The first-order chi connectivity index (χ1) is 25.1. The predicted octanol–water partition coefficient (Wildman–Crippen LogP) is 3.34. The minimum atomic E-state index is -3.90. The smallest absolute Gasteiger partial charge is 0.410 e. The minimum Gasteiger partial charge on any atom is -0.444 e. The third kappa shape index (κ3) is 8.19. The number of ether oxygens (including phenoxy) is 1. The van der Waals surface area contributed by atoms with E-state index in [9.17, 15) is 32.4 Å². The van der Waals surface area contributed by atoms with Crippen molar-refractivity contribution in [2.45, 2.75) is 128 Å². The fraction of sp³-hybridized carbons (Fsp3) is 0.658. The third-order valence-electron chi connectivity index (χ3n) is 11.2. The Morgan fingerprint density at radius 3 is 2.49 bits per heavy atom. The highest BCUT2D eigenvalue weighted by Gasteiger charge is 2.62. The van der Waals surface area contributed by atoms with E-state index in [0.29, 0.717) is 39.0 Å². The largest absolute Gasteiger partial charge is 0.444 e. The summed E-state index contributed by atoms with van der Waals surface area (Å²) in [6.07, 6.45) is 5.26. The molecule has 0 aromatic heterocycles. The van der Waals surface area contributed by atoms with Crippen molar-refractivity contribution in [2.75, 3.05) is 19.6 Å². The molecule has 1 aromatic rings. The molecule has 2 aliphatic carbocycles. The molecule has 6 amide bonds. The zero-order chi connectivity index (χ0) is 38.3. The zero-order valence-corrected chi connectivity index (χ0v) is 32.1. The second kappa shape index (κ2) is 14.9. The van der Waals surface area contributed by atoms with E-state index >= 15 is 0 Å². The van der Waals surface area contributed by atoms with Crippen LogP contribution in [0.25, 0.3) is 0 Å². The molecule has 3 heterocycles. The highest BCUT2D eigenvalue weighted by molar-refractivity contribution is 7.91. The van der Waals surface area contributed by atoms with Gasteiger partial charge in [-0.1, -0.05) is 58.4 Å². The number of hydrogen-bond donors (Lipinski definition) is 3. The van der Waals surface area contributed by atoms with Gasteiger partial charge in [-0.25, -0.2) is 18.0 Å². The molecule has 14 nitrogen and oxygen atoms in total. The van der Waals surface area contributed by atoms with Crippen LogP contribution in [0.1, 0.15) is 95.8 Å². The highest BCUT2D eigenvalue weighted by Crippen LogP contribution is 2.45. The molecule has 4 bridgehead atoms. The van der Waals surface area contributed by atoms with E-state index in [1.165, 1.54) is 16.5 Å². The lowest BCUT2D eigenvalue weighted by Crippen LogP contribution is -2.61. The van der Waals surface area contributed by atoms with Crippen molar-refractivity contribution in [2.24, 2.45) is 11.3 Å². The van der Waals surface area contributed by atoms with Crippen molar-refractivity contribution < 1.29 is 37.1 Å². The van der Waals surface area contributed by atoms with Crippen LogP contribution < -0.4 is 15.4 Å². The molecule has 2 saturated carbocycles.